The molecule has 5 nitrogen and oxygen atoms in total. The van der Waals surface area contributed by atoms with Crippen molar-refractivity contribution in [1.82, 2.24) is 4.90 Å². The molecule has 23 heavy (non-hydrogen) atoms. The Bertz CT molecular complexity index is 576. The Kier molecular flexibility index (Phi) is 6.45. The smallest absolute Gasteiger partial charge is 0.303 e. The molecule has 1 unspecified atom stereocenters. The molecule has 0 aromatic heterocycles. The number of likely N-dealkylation sites (tertiary alicyclic amines) is 1. The highest BCUT2D eigenvalue weighted by Crippen LogP contribution is 2.38. The Labute approximate surface area is 144 Å². The number of aliphatic carboxylic acids is 1. The van der Waals surface area contributed by atoms with E-state index in [4.69, 9.17) is 9.84 Å². The van der Waals surface area contributed by atoms with E-state index >= 15 is 0 Å². The number of nitrogens with zero attached hydrogens (tertiary/aromatic N) is 1. The van der Waals surface area contributed by atoms with Gasteiger partial charge in [0.25, 0.3) is 0 Å². The molecule has 0 saturated carbocycles. The van der Waals surface area contributed by atoms with Crippen molar-refractivity contribution >= 4 is 27.8 Å². The summed E-state index contributed by atoms with van der Waals surface area (Å²) in [7, 11) is 1.64. The SMILES string of the molecule is COc1ccc(Br)cc1C1CCCN1C(=O)CCCCC(=O)O. The van der Waals surface area contributed by atoms with Crippen LogP contribution in [-0.4, -0.2) is 35.5 Å². The topological polar surface area (TPSA) is 66.8 Å². The second kappa shape index (κ2) is 8.34. The summed E-state index contributed by atoms with van der Waals surface area (Å²) >= 11 is 3.48. The molecule has 0 aliphatic carbocycles. The predicted octanol–water partition coefficient (Wildman–Crippen LogP) is 3.77. The van der Waals surface area contributed by atoms with Gasteiger partial charge in [-0.1, -0.05) is 15.9 Å². The van der Waals surface area contributed by atoms with Gasteiger partial charge in [0.15, 0.2) is 0 Å². The first kappa shape index (κ1) is 17.8. The Morgan fingerprint density at radius 1 is 1.35 bits per heavy atom. The summed E-state index contributed by atoms with van der Waals surface area (Å²) in [6, 6.07) is 5.89. The van der Waals surface area contributed by atoms with Crippen LogP contribution in [0.1, 0.15) is 50.1 Å². The van der Waals surface area contributed by atoms with Crippen molar-refractivity contribution in [2.75, 3.05) is 13.7 Å². The van der Waals surface area contributed by atoms with Crippen LogP contribution in [-0.2, 0) is 9.59 Å². The number of unbranched alkanes of at least 4 members (excludes halogenated alkanes) is 1. The Morgan fingerprint density at radius 3 is 2.78 bits per heavy atom. The van der Waals surface area contributed by atoms with E-state index in [0.717, 1.165) is 35.2 Å². The molecule has 1 heterocycles. The summed E-state index contributed by atoms with van der Waals surface area (Å²) in [5.74, 6) is 0.0825. The number of methoxy groups -OCH3 is 1. The number of ether oxygens (including phenoxy) is 1. The van der Waals surface area contributed by atoms with Crippen LogP contribution in [0.5, 0.6) is 5.75 Å². The molecule has 6 heteroatoms. The normalized spacial score (nSPS) is 17.3. The lowest BCUT2D eigenvalue weighted by Gasteiger charge is -2.26. The van der Waals surface area contributed by atoms with Gasteiger partial charge in [0.1, 0.15) is 5.75 Å². The van der Waals surface area contributed by atoms with Crippen LogP contribution in [0.2, 0.25) is 0 Å². The molecule has 1 N–H and O–H groups in total. The van der Waals surface area contributed by atoms with Crippen molar-refractivity contribution in [2.45, 2.75) is 44.6 Å². The molecule has 1 fully saturated rings. The second-order valence-electron chi connectivity index (χ2n) is 5.73. The van der Waals surface area contributed by atoms with E-state index in [1.807, 2.05) is 23.1 Å². The van der Waals surface area contributed by atoms with Gasteiger partial charge < -0.3 is 14.7 Å². The van der Waals surface area contributed by atoms with Gasteiger partial charge in [-0.15, -0.1) is 0 Å². The first-order chi connectivity index (χ1) is 11.0. The third-order valence-electron chi connectivity index (χ3n) is 4.16. The first-order valence-electron chi connectivity index (χ1n) is 7.87. The van der Waals surface area contributed by atoms with Gasteiger partial charge in [0.2, 0.25) is 5.91 Å². The third kappa shape index (κ3) is 4.70. The summed E-state index contributed by atoms with van der Waals surface area (Å²) < 4.78 is 6.41. The quantitative estimate of drug-likeness (QED) is 0.727. The zero-order valence-corrected chi connectivity index (χ0v) is 14.8. The average Bonchev–Trinajstić information content (AvgIpc) is 3.00. The molecule has 1 aliphatic heterocycles. The number of hydrogen-bond acceptors (Lipinski definition) is 3. The monoisotopic (exact) mass is 383 g/mol. The number of carboxylic acid groups (broad SMARTS) is 1. The van der Waals surface area contributed by atoms with Crippen LogP contribution < -0.4 is 4.74 Å². The molecular formula is C17H22BrNO4. The predicted molar refractivity (Wildman–Crippen MR) is 90.5 cm³/mol. The highest BCUT2D eigenvalue weighted by Gasteiger charge is 2.31. The van der Waals surface area contributed by atoms with Crippen molar-refractivity contribution in [3.05, 3.63) is 28.2 Å². The molecule has 1 amide bonds. The molecule has 0 spiro atoms. The first-order valence-corrected chi connectivity index (χ1v) is 8.67. The molecule has 1 saturated heterocycles. The minimum Gasteiger partial charge on any atom is -0.496 e. The summed E-state index contributed by atoms with van der Waals surface area (Å²) in [5.41, 5.74) is 1.03. The highest BCUT2D eigenvalue weighted by atomic mass is 79.9. The lowest BCUT2D eigenvalue weighted by molar-refractivity contribution is -0.137. The summed E-state index contributed by atoms with van der Waals surface area (Å²) in [4.78, 5) is 24.9. The van der Waals surface area contributed by atoms with Crippen molar-refractivity contribution in [3.8, 4) is 5.75 Å². The summed E-state index contributed by atoms with van der Waals surface area (Å²) in [6.07, 6.45) is 3.58. The van der Waals surface area contributed by atoms with E-state index in [1.165, 1.54) is 0 Å². The van der Waals surface area contributed by atoms with Crippen molar-refractivity contribution < 1.29 is 19.4 Å². The molecule has 1 aliphatic rings. The Hall–Kier alpha value is -1.56. The number of halogens is 1. The number of carbonyl (C=O) groups excluding carboxylic acids is 1. The van der Waals surface area contributed by atoms with Gasteiger partial charge in [0.05, 0.1) is 13.2 Å². The minimum atomic E-state index is -0.810. The zero-order valence-electron chi connectivity index (χ0n) is 13.3. The maximum absolute atomic E-state index is 12.5. The van der Waals surface area contributed by atoms with Gasteiger partial charge in [-0.05, 0) is 43.9 Å². The fourth-order valence-corrected chi connectivity index (χ4v) is 3.43. The lowest BCUT2D eigenvalue weighted by atomic mass is 10.0. The molecular weight excluding hydrogens is 362 g/mol. The van der Waals surface area contributed by atoms with Gasteiger partial charge in [-0.3, -0.25) is 9.59 Å². The lowest BCUT2D eigenvalue weighted by Crippen LogP contribution is -2.30. The van der Waals surface area contributed by atoms with Crippen LogP contribution in [0, 0.1) is 0 Å². The van der Waals surface area contributed by atoms with E-state index < -0.39 is 5.97 Å². The fraction of sp³-hybridized carbons (Fsp3) is 0.529. The van der Waals surface area contributed by atoms with Gasteiger partial charge >= 0.3 is 5.97 Å². The molecule has 126 valence electrons. The zero-order chi connectivity index (χ0) is 16.8. The average molecular weight is 384 g/mol. The van der Waals surface area contributed by atoms with Gasteiger partial charge in [0, 0.05) is 29.4 Å². The second-order valence-corrected chi connectivity index (χ2v) is 6.65. The molecule has 2 rings (SSSR count). The molecule has 0 bridgehead atoms. The Balaban J connectivity index is 2.03. The molecule has 1 aromatic carbocycles. The van der Waals surface area contributed by atoms with E-state index in [0.29, 0.717) is 19.3 Å². The largest absolute Gasteiger partial charge is 0.496 e. The fourth-order valence-electron chi connectivity index (χ4n) is 3.05. The minimum absolute atomic E-state index is 0.0365. The number of benzene rings is 1. The van der Waals surface area contributed by atoms with Gasteiger partial charge in [-0.2, -0.15) is 0 Å². The maximum Gasteiger partial charge on any atom is 0.303 e. The van der Waals surface area contributed by atoms with Crippen LogP contribution in [0.4, 0.5) is 0 Å². The third-order valence-corrected chi connectivity index (χ3v) is 4.65. The highest BCUT2D eigenvalue weighted by molar-refractivity contribution is 9.10. The molecule has 0 radical (unpaired) electrons. The number of hydrogen-bond donors (Lipinski definition) is 1. The Morgan fingerprint density at radius 2 is 2.09 bits per heavy atom. The number of carbonyl (C=O) groups is 2. The maximum atomic E-state index is 12.5. The van der Waals surface area contributed by atoms with Crippen LogP contribution >= 0.6 is 15.9 Å². The summed E-state index contributed by atoms with van der Waals surface area (Å²) in [5, 5.41) is 8.65. The number of rotatable bonds is 7. The van der Waals surface area contributed by atoms with E-state index in [9.17, 15) is 9.59 Å². The van der Waals surface area contributed by atoms with Crippen LogP contribution in [0.25, 0.3) is 0 Å². The van der Waals surface area contributed by atoms with Crippen molar-refractivity contribution in [1.29, 1.82) is 0 Å². The van der Waals surface area contributed by atoms with Crippen molar-refractivity contribution in [2.24, 2.45) is 0 Å². The van der Waals surface area contributed by atoms with E-state index in [2.05, 4.69) is 15.9 Å². The van der Waals surface area contributed by atoms with Crippen molar-refractivity contribution in [3.63, 3.8) is 0 Å². The van der Waals surface area contributed by atoms with Crippen LogP contribution in [0.3, 0.4) is 0 Å². The van der Waals surface area contributed by atoms with Crippen LogP contribution in [0.15, 0.2) is 22.7 Å². The summed E-state index contributed by atoms with van der Waals surface area (Å²) in [6.45, 7) is 0.748. The number of carboxylic acids is 1. The molecule has 1 atom stereocenters. The standard InChI is InChI=1S/C17H22BrNO4/c1-23-15-9-8-12(18)11-13(15)14-5-4-10-19(14)16(20)6-2-3-7-17(21)22/h8-9,11,14H,2-7,10H2,1H3,(H,21,22). The van der Waals surface area contributed by atoms with E-state index in [1.54, 1.807) is 7.11 Å². The van der Waals surface area contributed by atoms with Gasteiger partial charge in [-0.25, -0.2) is 0 Å². The molecule has 1 aromatic rings. The number of amides is 1. The van der Waals surface area contributed by atoms with E-state index in [-0.39, 0.29) is 18.4 Å².